The predicted molar refractivity (Wildman–Crippen MR) is 59.0 cm³/mol. The average molecular weight is 193 g/mol. The van der Waals surface area contributed by atoms with E-state index in [2.05, 4.69) is 26.0 Å². The minimum Gasteiger partial charge on any atom is -0.251 e. The molecule has 0 aromatic heterocycles. The van der Waals surface area contributed by atoms with Gasteiger partial charge in [-0.3, -0.25) is 4.39 Å². The minimum absolute atomic E-state index is 0.229. The Bertz CT molecular complexity index is 241. The average Bonchev–Trinajstić information content (AvgIpc) is 2.18. The van der Waals surface area contributed by atoms with E-state index in [-0.39, 0.29) is 6.67 Å². The van der Waals surface area contributed by atoms with Crippen molar-refractivity contribution < 1.29 is 4.39 Å². The fourth-order valence-corrected chi connectivity index (χ4v) is 1.74. The van der Waals surface area contributed by atoms with Crippen LogP contribution in [-0.4, -0.2) is 6.67 Å². The first kappa shape index (κ1) is 11.2. The van der Waals surface area contributed by atoms with Crippen molar-refractivity contribution in [3.05, 3.63) is 41.8 Å². The first-order chi connectivity index (χ1) is 6.74. The fraction of sp³-hybridized carbons (Fsp3) is 0.462. The van der Waals surface area contributed by atoms with Crippen molar-refractivity contribution in [2.75, 3.05) is 6.67 Å². The van der Waals surface area contributed by atoms with Gasteiger partial charge in [0, 0.05) is 0 Å². The lowest BCUT2D eigenvalue weighted by atomic mass is 9.88. The summed E-state index contributed by atoms with van der Waals surface area (Å²) in [5, 5.41) is 0. The molecule has 1 aromatic rings. The van der Waals surface area contributed by atoms with E-state index >= 15 is 0 Å². The third-order valence-electron chi connectivity index (χ3n) is 2.38. The molecule has 0 saturated carbocycles. The molecule has 0 fully saturated rings. The van der Waals surface area contributed by atoms with Gasteiger partial charge in [-0.2, -0.15) is 0 Å². The molecule has 1 unspecified atom stereocenters. The van der Waals surface area contributed by atoms with Crippen LogP contribution in [0.4, 0.5) is 4.39 Å². The zero-order valence-corrected chi connectivity index (χ0v) is 8.96. The van der Waals surface area contributed by atoms with Gasteiger partial charge in [-0.25, -0.2) is 0 Å². The van der Waals surface area contributed by atoms with Crippen molar-refractivity contribution >= 4 is 0 Å². The van der Waals surface area contributed by atoms with Gasteiger partial charge in [-0.1, -0.05) is 44.2 Å². The molecule has 14 heavy (non-hydrogen) atoms. The second-order valence-corrected chi connectivity index (χ2v) is 4.00. The van der Waals surface area contributed by atoms with Gasteiger partial charge in [-0.05, 0) is 30.2 Å². The highest BCUT2D eigenvalue weighted by Gasteiger charge is 2.12. The zero-order chi connectivity index (χ0) is 10.4. The highest BCUT2D eigenvalue weighted by Crippen LogP contribution is 2.27. The monoisotopic (exact) mass is 193 g/mol. The highest BCUT2D eigenvalue weighted by molar-refractivity contribution is 5.20. The predicted octanol–water partition coefficient (Wildman–Crippen LogP) is 4.13. The molecule has 77 valence electrons. The summed E-state index contributed by atoms with van der Waals surface area (Å²) in [7, 11) is 0. The second-order valence-electron chi connectivity index (χ2n) is 4.00. The van der Waals surface area contributed by atoms with Crippen molar-refractivity contribution in [1.82, 2.24) is 0 Å². The molecule has 0 heterocycles. The highest BCUT2D eigenvalue weighted by atomic mass is 19.1. The first-order valence-electron chi connectivity index (χ1n) is 5.14. The normalized spacial score (nSPS) is 13.1. The third kappa shape index (κ3) is 3.49. The van der Waals surface area contributed by atoms with Crippen molar-refractivity contribution in [3.63, 3.8) is 0 Å². The van der Waals surface area contributed by atoms with Crippen LogP contribution in [0.3, 0.4) is 0 Å². The van der Waals surface area contributed by atoms with Crippen LogP contribution in [0.1, 0.15) is 38.2 Å². The van der Waals surface area contributed by atoms with Crippen LogP contribution < -0.4 is 0 Å². The molecule has 1 radical (unpaired) electrons. The largest absolute Gasteiger partial charge is 0.251 e. The molecule has 0 aliphatic carbocycles. The summed E-state index contributed by atoms with van der Waals surface area (Å²) in [5.41, 5.74) is 1.26. The van der Waals surface area contributed by atoms with Crippen molar-refractivity contribution in [1.29, 1.82) is 0 Å². The first-order valence-corrected chi connectivity index (χ1v) is 5.14. The second kappa shape index (κ2) is 5.79. The van der Waals surface area contributed by atoms with Gasteiger partial charge in [0.2, 0.25) is 0 Å². The molecule has 1 heteroatoms. The quantitative estimate of drug-likeness (QED) is 0.659. The molecular formula is C13H18F. The lowest BCUT2D eigenvalue weighted by Gasteiger charge is -2.17. The summed E-state index contributed by atoms with van der Waals surface area (Å²) in [4.78, 5) is 0. The van der Waals surface area contributed by atoms with Gasteiger partial charge < -0.3 is 0 Å². The number of hydrogen-bond acceptors (Lipinski definition) is 0. The third-order valence-corrected chi connectivity index (χ3v) is 2.38. The standard InChI is InChI=1S/C13H18F/c1-11(2)10-13(8-9-14)12-6-4-3-5-7-12/h3-7,13H,8-10H2,1-2H3. The minimum atomic E-state index is -0.229. The van der Waals surface area contributed by atoms with Crippen LogP contribution in [0, 0.1) is 5.92 Å². The molecule has 0 N–H and O–H groups in total. The Labute approximate surface area is 86.2 Å². The summed E-state index contributed by atoms with van der Waals surface area (Å²) in [6.07, 6.45) is 1.63. The van der Waals surface area contributed by atoms with E-state index in [0.29, 0.717) is 12.3 Å². The topological polar surface area (TPSA) is 0 Å². The number of benzene rings is 1. The Balaban J connectivity index is 2.67. The maximum Gasteiger partial charge on any atom is 0.0900 e. The van der Waals surface area contributed by atoms with E-state index in [9.17, 15) is 4.39 Å². The van der Waals surface area contributed by atoms with Gasteiger partial charge >= 0.3 is 0 Å². The number of alkyl halides is 1. The van der Waals surface area contributed by atoms with Crippen LogP contribution in [0.25, 0.3) is 0 Å². The van der Waals surface area contributed by atoms with Crippen LogP contribution in [-0.2, 0) is 0 Å². The van der Waals surface area contributed by atoms with Crippen LogP contribution in [0.15, 0.2) is 30.3 Å². The summed E-state index contributed by atoms with van der Waals surface area (Å²) < 4.78 is 12.4. The molecule has 0 nitrogen and oxygen atoms in total. The Morgan fingerprint density at radius 2 is 1.86 bits per heavy atom. The SMILES string of the molecule is C[C](C)CC(CCF)c1ccccc1. The van der Waals surface area contributed by atoms with E-state index < -0.39 is 0 Å². The molecule has 1 rings (SSSR count). The fourth-order valence-electron chi connectivity index (χ4n) is 1.74. The van der Waals surface area contributed by atoms with Crippen molar-refractivity contribution in [2.24, 2.45) is 0 Å². The molecule has 1 atom stereocenters. The maximum absolute atomic E-state index is 12.4. The number of halogens is 1. The van der Waals surface area contributed by atoms with E-state index in [1.165, 1.54) is 11.5 Å². The van der Waals surface area contributed by atoms with Crippen molar-refractivity contribution in [2.45, 2.75) is 32.6 Å². The summed E-state index contributed by atoms with van der Waals surface area (Å²) in [6.45, 7) is 3.98. The Morgan fingerprint density at radius 1 is 1.21 bits per heavy atom. The van der Waals surface area contributed by atoms with E-state index in [4.69, 9.17) is 0 Å². The number of hydrogen-bond donors (Lipinski definition) is 0. The Hall–Kier alpha value is -0.850. The zero-order valence-electron chi connectivity index (χ0n) is 8.96. The van der Waals surface area contributed by atoms with Crippen molar-refractivity contribution in [3.8, 4) is 0 Å². The van der Waals surface area contributed by atoms with E-state index in [0.717, 1.165) is 6.42 Å². The van der Waals surface area contributed by atoms with Crippen LogP contribution in [0.5, 0.6) is 0 Å². The molecule has 0 spiro atoms. The lowest BCUT2D eigenvalue weighted by Crippen LogP contribution is -2.03. The smallest absolute Gasteiger partial charge is 0.0900 e. The van der Waals surface area contributed by atoms with Gasteiger partial charge in [0.05, 0.1) is 6.67 Å². The molecule has 0 aliphatic rings. The summed E-state index contributed by atoms with van der Waals surface area (Å²) >= 11 is 0. The maximum atomic E-state index is 12.4. The van der Waals surface area contributed by atoms with E-state index in [1.807, 2.05) is 18.2 Å². The summed E-state index contributed by atoms with van der Waals surface area (Å²) in [5.74, 6) is 1.72. The Morgan fingerprint density at radius 3 is 2.36 bits per heavy atom. The van der Waals surface area contributed by atoms with Gasteiger partial charge in [0.25, 0.3) is 0 Å². The molecule has 0 bridgehead atoms. The molecule has 0 amide bonds. The van der Waals surface area contributed by atoms with Crippen LogP contribution >= 0.6 is 0 Å². The molecule has 1 aromatic carbocycles. The molecule has 0 saturated heterocycles. The summed E-state index contributed by atoms with van der Waals surface area (Å²) in [6, 6.07) is 10.2. The van der Waals surface area contributed by atoms with Gasteiger partial charge in [0.1, 0.15) is 0 Å². The van der Waals surface area contributed by atoms with Crippen LogP contribution in [0.2, 0.25) is 0 Å². The van der Waals surface area contributed by atoms with E-state index in [1.54, 1.807) is 0 Å². The van der Waals surface area contributed by atoms with Gasteiger partial charge in [-0.15, -0.1) is 0 Å². The number of rotatable bonds is 5. The lowest BCUT2D eigenvalue weighted by molar-refractivity contribution is 0.430. The Kier molecular flexibility index (Phi) is 4.64. The van der Waals surface area contributed by atoms with Gasteiger partial charge in [0.15, 0.2) is 0 Å². The molecular weight excluding hydrogens is 175 g/mol. The molecule has 0 aliphatic heterocycles.